The fraction of sp³-hybridized carbons (Fsp3) is 0.250. The highest BCUT2D eigenvalue weighted by Crippen LogP contribution is 2.20. The van der Waals surface area contributed by atoms with Crippen molar-refractivity contribution in [1.29, 1.82) is 0 Å². The Bertz CT molecular complexity index is 463. The van der Waals surface area contributed by atoms with Crippen LogP contribution in [0.4, 0.5) is 0 Å². The van der Waals surface area contributed by atoms with Crippen molar-refractivity contribution in [2.75, 3.05) is 0 Å². The van der Waals surface area contributed by atoms with Crippen LogP contribution in [0.15, 0.2) is 36.9 Å². The first kappa shape index (κ1) is 11.2. The maximum atomic E-state index is 6.01. The maximum absolute atomic E-state index is 6.01. The Morgan fingerprint density at radius 3 is 2.94 bits per heavy atom. The molecule has 0 bridgehead atoms. The van der Waals surface area contributed by atoms with Gasteiger partial charge in [-0.15, -0.1) is 0 Å². The fourth-order valence-electron chi connectivity index (χ4n) is 1.70. The van der Waals surface area contributed by atoms with E-state index < -0.39 is 0 Å². The highest BCUT2D eigenvalue weighted by molar-refractivity contribution is 6.30. The third-order valence-corrected chi connectivity index (χ3v) is 2.61. The van der Waals surface area contributed by atoms with Gasteiger partial charge in [0, 0.05) is 23.5 Å². The first-order valence-corrected chi connectivity index (χ1v) is 5.57. The molecule has 1 unspecified atom stereocenters. The number of aromatic nitrogens is 2. The second kappa shape index (κ2) is 4.68. The first-order valence-electron chi connectivity index (χ1n) is 5.19. The summed E-state index contributed by atoms with van der Waals surface area (Å²) in [4.78, 5) is 4.04. The summed E-state index contributed by atoms with van der Waals surface area (Å²) in [5, 5.41) is 0.720. The molecule has 84 valence electrons. The van der Waals surface area contributed by atoms with Gasteiger partial charge in [0.05, 0.1) is 12.0 Å². The summed E-state index contributed by atoms with van der Waals surface area (Å²) in [6, 6.07) is 5.96. The zero-order valence-corrected chi connectivity index (χ0v) is 9.85. The average molecular weight is 236 g/mol. The minimum absolute atomic E-state index is 0.128. The number of nitrogens with two attached hydrogens (primary N) is 1. The van der Waals surface area contributed by atoms with Gasteiger partial charge in [0.25, 0.3) is 0 Å². The topological polar surface area (TPSA) is 43.8 Å². The van der Waals surface area contributed by atoms with Gasteiger partial charge in [0.1, 0.15) is 0 Å². The van der Waals surface area contributed by atoms with Crippen molar-refractivity contribution < 1.29 is 0 Å². The molecule has 0 aliphatic carbocycles. The predicted octanol–water partition coefficient (Wildman–Crippen LogP) is 2.42. The van der Waals surface area contributed by atoms with Gasteiger partial charge in [-0.3, -0.25) is 0 Å². The molecule has 1 aromatic heterocycles. The Kier molecular flexibility index (Phi) is 3.27. The lowest BCUT2D eigenvalue weighted by atomic mass is 10.1. The van der Waals surface area contributed by atoms with E-state index in [9.17, 15) is 0 Å². The van der Waals surface area contributed by atoms with Gasteiger partial charge in [-0.1, -0.05) is 17.7 Å². The lowest BCUT2D eigenvalue weighted by molar-refractivity contribution is 0.733. The molecule has 3 nitrogen and oxygen atoms in total. The van der Waals surface area contributed by atoms with Crippen LogP contribution < -0.4 is 5.73 Å². The third kappa shape index (κ3) is 2.43. The molecular formula is C12H14ClN3. The molecule has 1 heterocycles. The van der Waals surface area contributed by atoms with Crippen molar-refractivity contribution in [3.63, 3.8) is 0 Å². The number of halogens is 1. The normalized spacial score (nSPS) is 12.7. The van der Waals surface area contributed by atoms with Gasteiger partial charge in [-0.05, 0) is 31.0 Å². The molecule has 0 aliphatic heterocycles. The third-order valence-electron chi connectivity index (χ3n) is 2.37. The van der Waals surface area contributed by atoms with Gasteiger partial charge in [0.2, 0.25) is 0 Å². The van der Waals surface area contributed by atoms with E-state index in [1.54, 1.807) is 12.5 Å². The Morgan fingerprint density at radius 1 is 1.50 bits per heavy atom. The van der Waals surface area contributed by atoms with Crippen LogP contribution in [0.1, 0.15) is 12.5 Å². The molecule has 0 fully saturated rings. The summed E-state index contributed by atoms with van der Waals surface area (Å²) in [7, 11) is 0. The minimum atomic E-state index is 0.128. The van der Waals surface area contributed by atoms with Crippen molar-refractivity contribution in [2.45, 2.75) is 19.4 Å². The monoisotopic (exact) mass is 235 g/mol. The summed E-state index contributed by atoms with van der Waals surface area (Å²) in [6.07, 6.45) is 6.23. The number of hydrogen-bond acceptors (Lipinski definition) is 2. The number of hydrogen-bond donors (Lipinski definition) is 1. The van der Waals surface area contributed by atoms with Crippen molar-refractivity contribution in [1.82, 2.24) is 9.55 Å². The molecule has 2 N–H and O–H groups in total. The highest BCUT2D eigenvalue weighted by atomic mass is 35.5. The van der Waals surface area contributed by atoms with E-state index in [2.05, 4.69) is 4.98 Å². The SMILES string of the molecule is CC(N)Cc1ccc(Cl)cc1-n1ccnc1. The van der Waals surface area contributed by atoms with Crippen LogP contribution in [0.25, 0.3) is 5.69 Å². The van der Waals surface area contributed by atoms with E-state index in [1.807, 2.05) is 35.9 Å². The van der Waals surface area contributed by atoms with Crippen LogP contribution >= 0.6 is 11.6 Å². The second-order valence-electron chi connectivity index (χ2n) is 3.92. The summed E-state index contributed by atoms with van der Waals surface area (Å²) in [5.41, 5.74) is 8.05. The average Bonchev–Trinajstić information content (AvgIpc) is 2.73. The van der Waals surface area contributed by atoms with Crippen LogP contribution in [0.2, 0.25) is 5.02 Å². The van der Waals surface area contributed by atoms with Crippen LogP contribution in [0.3, 0.4) is 0 Å². The molecule has 4 heteroatoms. The van der Waals surface area contributed by atoms with Crippen LogP contribution in [0, 0.1) is 0 Å². The minimum Gasteiger partial charge on any atom is -0.328 e. The van der Waals surface area contributed by atoms with Gasteiger partial charge in [0.15, 0.2) is 0 Å². The summed E-state index contributed by atoms with van der Waals surface area (Å²) in [6.45, 7) is 1.99. The van der Waals surface area contributed by atoms with Gasteiger partial charge < -0.3 is 10.3 Å². The quantitative estimate of drug-likeness (QED) is 0.888. The highest BCUT2D eigenvalue weighted by Gasteiger charge is 2.07. The zero-order valence-electron chi connectivity index (χ0n) is 9.10. The molecule has 16 heavy (non-hydrogen) atoms. The van der Waals surface area contributed by atoms with E-state index >= 15 is 0 Å². The number of rotatable bonds is 3. The smallest absolute Gasteiger partial charge is 0.0991 e. The summed E-state index contributed by atoms with van der Waals surface area (Å²) in [5.74, 6) is 0. The zero-order chi connectivity index (χ0) is 11.5. The molecular weight excluding hydrogens is 222 g/mol. The molecule has 0 aliphatic rings. The van der Waals surface area contributed by atoms with Gasteiger partial charge in [-0.25, -0.2) is 4.98 Å². The molecule has 2 aromatic rings. The molecule has 0 spiro atoms. The number of imidazole rings is 1. The molecule has 2 rings (SSSR count). The van der Waals surface area contributed by atoms with Crippen molar-refractivity contribution >= 4 is 11.6 Å². The lowest BCUT2D eigenvalue weighted by Gasteiger charge is -2.12. The van der Waals surface area contributed by atoms with Crippen molar-refractivity contribution in [3.05, 3.63) is 47.5 Å². The molecule has 1 aromatic carbocycles. The standard InChI is InChI=1S/C12H14ClN3/c1-9(14)6-10-2-3-11(13)7-12(10)16-5-4-15-8-16/h2-5,7-9H,6,14H2,1H3. The molecule has 0 amide bonds. The Morgan fingerprint density at radius 2 is 2.31 bits per heavy atom. The van der Waals surface area contributed by atoms with E-state index in [4.69, 9.17) is 17.3 Å². The number of nitrogens with zero attached hydrogens (tertiary/aromatic N) is 2. The first-order chi connectivity index (χ1) is 7.66. The maximum Gasteiger partial charge on any atom is 0.0991 e. The molecule has 1 atom stereocenters. The van der Waals surface area contributed by atoms with Crippen molar-refractivity contribution in [3.8, 4) is 5.69 Å². The van der Waals surface area contributed by atoms with Gasteiger partial charge >= 0.3 is 0 Å². The fourth-order valence-corrected chi connectivity index (χ4v) is 1.86. The van der Waals surface area contributed by atoms with Crippen molar-refractivity contribution in [2.24, 2.45) is 5.73 Å². The molecule has 0 saturated heterocycles. The largest absolute Gasteiger partial charge is 0.328 e. The van der Waals surface area contributed by atoms with E-state index in [0.29, 0.717) is 0 Å². The van der Waals surface area contributed by atoms with E-state index in [-0.39, 0.29) is 6.04 Å². The number of benzene rings is 1. The Balaban J connectivity index is 2.45. The predicted molar refractivity (Wildman–Crippen MR) is 65.9 cm³/mol. The van der Waals surface area contributed by atoms with E-state index in [1.165, 1.54) is 5.56 Å². The summed E-state index contributed by atoms with van der Waals surface area (Å²) >= 11 is 6.01. The molecule has 0 radical (unpaired) electrons. The molecule has 0 saturated carbocycles. The van der Waals surface area contributed by atoms with Crippen LogP contribution in [-0.4, -0.2) is 15.6 Å². The lowest BCUT2D eigenvalue weighted by Crippen LogP contribution is -2.18. The summed E-state index contributed by atoms with van der Waals surface area (Å²) < 4.78 is 1.95. The van der Waals surface area contributed by atoms with E-state index in [0.717, 1.165) is 17.1 Å². The van der Waals surface area contributed by atoms with Crippen LogP contribution in [-0.2, 0) is 6.42 Å². The second-order valence-corrected chi connectivity index (χ2v) is 4.36. The Labute approximate surface area is 99.9 Å². The Hall–Kier alpha value is -1.32. The van der Waals surface area contributed by atoms with Gasteiger partial charge in [-0.2, -0.15) is 0 Å². The van der Waals surface area contributed by atoms with Crippen LogP contribution in [0.5, 0.6) is 0 Å².